The van der Waals surface area contributed by atoms with Crippen LogP contribution in [0.2, 0.25) is 0 Å². The van der Waals surface area contributed by atoms with E-state index in [2.05, 4.69) is 38.3 Å². The summed E-state index contributed by atoms with van der Waals surface area (Å²) >= 11 is 0. The van der Waals surface area contributed by atoms with Crippen molar-refractivity contribution < 1.29 is 27.5 Å². The molecular weight excluding hydrogens is 641 g/mol. The molecule has 1 N–H and O–H groups in total. The molecule has 5 unspecified atom stereocenters. The first kappa shape index (κ1) is 31.6. The number of aromatic nitrogens is 1. The second-order valence-electron chi connectivity index (χ2n) is 15.6. The minimum Gasteiger partial charge on any atom is -0.497 e. The molecule has 5 fully saturated rings. The van der Waals surface area contributed by atoms with Gasteiger partial charge in [-0.2, -0.15) is 0 Å². The molecule has 2 bridgehead atoms. The number of methoxy groups -OCH3 is 1. The van der Waals surface area contributed by atoms with Gasteiger partial charge in [-0.15, -0.1) is 0 Å². The first-order valence-electron chi connectivity index (χ1n) is 18.2. The lowest BCUT2D eigenvalue weighted by Crippen LogP contribution is -2.70. The summed E-state index contributed by atoms with van der Waals surface area (Å²) in [4.78, 5) is 32.9. The molecule has 3 saturated heterocycles. The average molecular weight is 687 g/mol. The van der Waals surface area contributed by atoms with Crippen molar-refractivity contribution in [1.29, 1.82) is 0 Å². The monoisotopic (exact) mass is 686 g/mol. The van der Waals surface area contributed by atoms with Gasteiger partial charge in [0.15, 0.2) is 0 Å². The van der Waals surface area contributed by atoms with Crippen LogP contribution in [0.15, 0.2) is 36.4 Å². The fourth-order valence-corrected chi connectivity index (χ4v) is 11.3. The number of sulfonamides is 1. The molecule has 0 spiro atoms. The van der Waals surface area contributed by atoms with Crippen LogP contribution >= 0.6 is 0 Å². The quantitative estimate of drug-likeness (QED) is 0.373. The van der Waals surface area contributed by atoms with E-state index in [4.69, 9.17) is 9.47 Å². The third kappa shape index (κ3) is 5.13. The number of ether oxygens (including phenoxy) is 2. The zero-order chi connectivity index (χ0) is 33.7. The normalized spacial score (nSPS) is 29.4. The summed E-state index contributed by atoms with van der Waals surface area (Å²) in [6, 6.07) is 12.5. The number of likely N-dealkylation sites (N-methyl/N-ethyl adjacent to an activating group) is 1. The van der Waals surface area contributed by atoms with Gasteiger partial charge in [-0.3, -0.25) is 9.59 Å². The third-order valence-corrected chi connectivity index (χ3v) is 13.8. The van der Waals surface area contributed by atoms with E-state index < -0.39 is 27.4 Å². The minimum atomic E-state index is -3.88. The maximum absolute atomic E-state index is 14.8. The van der Waals surface area contributed by atoms with Crippen molar-refractivity contribution in [3.8, 4) is 17.0 Å². The summed E-state index contributed by atoms with van der Waals surface area (Å²) in [6.07, 6.45) is 8.72. The van der Waals surface area contributed by atoms with E-state index in [1.54, 1.807) is 13.2 Å². The van der Waals surface area contributed by atoms with Crippen LogP contribution < -0.4 is 9.46 Å². The lowest BCUT2D eigenvalue weighted by atomic mass is 9.81. The van der Waals surface area contributed by atoms with Crippen LogP contribution in [0.5, 0.6) is 5.75 Å². The van der Waals surface area contributed by atoms with Crippen LogP contribution in [0.25, 0.3) is 22.2 Å². The van der Waals surface area contributed by atoms with Gasteiger partial charge < -0.3 is 23.8 Å². The number of benzene rings is 2. The van der Waals surface area contributed by atoms with Crippen LogP contribution in [-0.4, -0.2) is 92.4 Å². The molecule has 1 aromatic heterocycles. The van der Waals surface area contributed by atoms with Crippen LogP contribution in [0.1, 0.15) is 91.1 Å². The number of piperidine rings is 1. The predicted molar refractivity (Wildman–Crippen MR) is 186 cm³/mol. The number of carbonyl (C=O) groups excluding carboxylic acids is 2. The van der Waals surface area contributed by atoms with Gasteiger partial charge >= 0.3 is 0 Å². The summed E-state index contributed by atoms with van der Waals surface area (Å²) in [6.45, 7) is 2.89. The molecule has 10 nitrogen and oxygen atoms in total. The van der Waals surface area contributed by atoms with E-state index >= 15 is 0 Å². The van der Waals surface area contributed by atoms with E-state index in [1.165, 1.54) is 30.4 Å². The molecule has 11 heteroatoms. The Morgan fingerprint density at radius 1 is 1.02 bits per heavy atom. The zero-order valence-corrected chi connectivity index (χ0v) is 29.3. The van der Waals surface area contributed by atoms with Gasteiger partial charge in [0.05, 0.1) is 30.1 Å². The number of nitrogens with zero attached hydrogens (tertiary/aromatic N) is 3. The summed E-state index contributed by atoms with van der Waals surface area (Å²) < 4.78 is 41.9. The number of hydrogen-bond acceptors (Lipinski definition) is 7. The van der Waals surface area contributed by atoms with Gasteiger partial charge in [0.25, 0.3) is 5.91 Å². The van der Waals surface area contributed by atoms with Gasteiger partial charge in [-0.05, 0) is 92.9 Å². The van der Waals surface area contributed by atoms with Gasteiger partial charge in [0.1, 0.15) is 5.75 Å². The molecule has 0 radical (unpaired) electrons. The first-order valence-corrected chi connectivity index (χ1v) is 19.8. The number of hydrogen-bond donors (Lipinski definition) is 1. The largest absolute Gasteiger partial charge is 0.497 e. The topological polar surface area (TPSA) is 110 Å². The molecule has 2 aromatic carbocycles. The lowest BCUT2D eigenvalue weighted by Gasteiger charge is -2.56. The van der Waals surface area contributed by atoms with Crippen molar-refractivity contribution in [2.24, 2.45) is 5.41 Å². The molecule has 260 valence electrons. The molecule has 4 aliphatic heterocycles. The maximum Gasteiger partial charge on any atom is 0.264 e. The van der Waals surface area contributed by atoms with E-state index in [9.17, 15) is 18.0 Å². The summed E-state index contributed by atoms with van der Waals surface area (Å²) in [5.74, 6) is 0.618. The highest BCUT2D eigenvalue weighted by Gasteiger charge is 2.66. The fraction of sp³-hybridized carbons (Fsp3) is 0.579. The number of likely N-dealkylation sites (tertiary alicyclic amines) is 2. The van der Waals surface area contributed by atoms with Gasteiger partial charge in [0.2, 0.25) is 15.9 Å². The Morgan fingerprint density at radius 2 is 1.82 bits per heavy atom. The second kappa shape index (κ2) is 11.6. The van der Waals surface area contributed by atoms with Crippen molar-refractivity contribution in [1.82, 2.24) is 19.1 Å². The third-order valence-electron chi connectivity index (χ3n) is 12.5. The Kier molecular flexibility index (Phi) is 7.45. The van der Waals surface area contributed by atoms with Crippen molar-refractivity contribution in [2.45, 2.75) is 94.4 Å². The Morgan fingerprint density at radius 3 is 2.55 bits per heavy atom. The second-order valence-corrected chi connectivity index (χ2v) is 17.4. The van der Waals surface area contributed by atoms with Gasteiger partial charge in [0, 0.05) is 66.3 Å². The van der Waals surface area contributed by atoms with Gasteiger partial charge in [-0.1, -0.05) is 25.3 Å². The minimum absolute atomic E-state index is 0.0766. The van der Waals surface area contributed by atoms with Crippen molar-refractivity contribution >= 4 is 32.7 Å². The highest BCUT2D eigenvalue weighted by Crippen LogP contribution is 2.67. The Balaban J connectivity index is 1.17. The smallest absolute Gasteiger partial charge is 0.264 e. The molecule has 9 rings (SSSR count). The molecule has 2 saturated carbocycles. The zero-order valence-electron chi connectivity index (χ0n) is 28.4. The lowest BCUT2D eigenvalue weighted by molar-refractivity contribution is -0.159. The van der Waals surface area contributed by atoms with E-state index in [-0.39, 0.29) is 29.7 Å². The molecule has 2 amide bonds. The average Bonchev–Trinajstić information content (AvgIpc) is 3.48. The van der Waals surface area contributed by atoms with Crippen LogP contribution in [0, 0.1) is 5.41 Å². The predicted octanol–water partition coefficient (Wildman–Crippen LogP) is 5.01. The molecule has 2 aliphatic carbocycles. The highest BCUT2D eigenvalue weighted by molar-refractivity contribution is 7.90. The van der Waals surface area contributed by atoms with Crippen molar-refractivity contribution in [3.63, 3.8) is 0 Å². The van der Waals surface area contributed by atoms with Crippen LogP contribution in [0.4, 0.5) is 0 Å². The maximum atomic E-state index is 14.8. The standard InChI is InChI=1S/C38H46N4O6S/c1-40-19-25-16-26(20-40)42(25)37(44)38-18-32(38)31-17-27(47-2)11-13-29(31)35-34(23-7-4-3-5-8-23)30-12-10-24(15-33(30)41(35)22-38)36(43)39-49(45,46)21-28-9-6-14-48-28/h10-13,15,17,23,25-26,28,32H,3-9,14,16,18-22H2,1-2H3,(H,39,43). The number of nitrogens with one attached hydrogen (secondary N) is 1. The van der Waals surface area contributed by atoms with E-state index in [1.807, 2.05) is 18.2 Å². The summed E-state index contributed by atoms with van der Waals surface area (Å²) in [5.41, 5.74) is 5.36. The number of amides is 2. The molecule has 6 aliphatic rings. The Hall–Kier alpha value is -3.41. The van der Waals surface area contributed by atoms with Gasteiger partial charge in [-0.25, -0.2) is 13.1 Å². The number of piperazine rings is 1. The van der Waals surface area contributed by atoms with Crippen LogP contribution in [0.3, 0.4) is 0 Å². The number of fused-ring (bicyclic) bond motifs is 9. The first-order chi connectivity index (χ1) is 23.7. The number of carbonyl (C=O) groups is 2. The van der Waals surface area contributed by atoms with E-state index in [0.29, 0.717) is 31.1 Å². The molecule has 3 aromatic rings. The number of rotatable bonds is 7. The highest BCUT2D eigenvalue weighted by atomic mass is 32.2. The molecule has 5 atom stereocenters. The molecule has 49 heavy (non-hydrogen) atoms. The Labute approximate surface area is 288 Å². The van der Waals surface area contributed by atoms with Crippen molar-refractivity contribution in [2.75, 3.05) is 39.6 Å². The molecular formula is C38H46N4O6S. The van der Waals surface area contributed by atoms with Crippen molar-refractivity contribution in [3.05, 3.63) is 53.1 Å². The van der Waals surface area contributed by atoms with Crippen LogP contribution in [-0.2, 0) is 26.1 Å². The SMILES string of the molecule is COc1ccc2c(c1)C1CC1(C(=O)N1C3CC1CN(C)C3)Cn1c-2c(C2CCCCC2)c2ccc(C(=O)NS(=O)(=O)CC3CCCO3)cc21. The Bertz CT molecular complexity index is 1950. The molecule has 5 heterocycles. The summed E-state index contributed by atoms with van der Waals surface area (Å²) in [7, 11) is -0.0522. The van der Waals surface area contributed by atoms with E-state index in [0.717, 1.165) is 73.1 Å². The summed E-state index contributed by atoms with van der Waals surface area (Å²) in [5, 5.41) is 1.09. The fourth-order valence-electron chi connectivity index (χ4n) is 10.1.